The minimum atomic E-state index is -4.79. The summed E-state index contributed by atoms with van der Waals surface area (Å²) in [7, 11) is 0. The van der Waals surface area contributed by atoms with Crippen molar-refractivity contribution in [1.82, 2.24) is 15.3 Å². The summed E-state index contributed by atoms with van der Waals surface area (Å²) in [6.07, 6.45) is -5.16. The quantitative estimate of drug-likeness (QED) is 0.282. The molecule has 0 aliphatic carbocycles. The zero-order chi connectivity index (χ0) is 34.1. The van der Waals surface area contributed by atoms with Crippen LogP contribution in [0, 0.1) is 5.41 Å². The smallest absolute Gasteiger partial charge is 0.429 e. The summed E-state index contributed by atoms with van der Waals surface area (Å²) < 4.78 is 61.7. The fourth-order valence-electron chi connectivity index (χ4n) is 6.78. The zero-order valence-electron chi connectivity index (χ0n) is 27.0. The molecule has 48 heavy (non-hydrogen) atoms. The molecule has 0 radical (unpaired) electrons. The third-order valence-corrected chi connectivity index (χ3v) is 9.27. The highest BCUT2D eigenvalue weighted by molar-refractivity contribution is 5.74. The lowest BCUT2D eigenvalue weighted by atomic mass is 9.76. The first-order valence-electron chi connectivity index (χ1n) is 16.2. The highest BCUT2D eigenvalue weighted by Gasteiger charge is 2.46. The fraction of sp³-hybridized carbons (Fsp3) is 0.500. The van der Waals surface area contributed by atoms with E-state index in [4.69, 9.17) is 19.9 Å². The van der Waals surface area contributed by atoms with Crippen LogP contribution < -0.4 is 30.3 Å². The average molecular weight is 671 g/mol. The summed E-state index contributed by atoms with van der Waals surface area (Å²) >= 11 is 0. The molecule has 11 nitrogen and oxygen atoms in total. The molecule has 3 fully saturated rings. The number of ether oxygens (including phenoxy) is 3. The van der Waals surface area contributed by atoms with Crippen LogP contribution in [-0.4, -0.2) is 85.3 Å². The molecule has 3 aromatic rings. The lowest BCUT2D eigenvalue weighted by molar-refractivity contribution is -0.198. The van der Waals surface area contributed by atoms with Gasteiger partial charge in [-0.2, -0.15) is 23.1 Å². The number of halogens is 3. The van der Waals surface area contributed by atoms with Crippen LogP contribution in [-0.2, 0) is 9.53 Å². The second kappa shape index (κ2) is 13.7. The van der Waals surface area contributed by atoms with E-state index in [1.54, 1.807) is 12.1 Å². The fourth-order valence-corrected chi connectivity index (χ4v) is 6.78. The molecule has 2 aromatic carbocycles. The molecule has 4 heterocycles. The molecule has 0 unspecified atom stereocenters. The number of carboxylic acid groups (broad SMARTS) is 1. The largest absolute Gasteiger partial charge is 0.491 e. The van der Waals surface area contributed by atoms with Crippen LogP contribution in [0.1, 0.15) is 44.8 Å². The third-order valence-electron chi connectivity index (χ3n) is 9.27. The molecule has 4 N–H and O–H groups in total. The molecule has 3 aliphatic rings. The number of nitrogens with two attached hydrogens (primary N) is 1. The second-order valence-electron chi connectivity index (χ2n) is 13.0. The predicted octanol–water partition coefficient (Wildman–Crippen LogP) is 5.07. The molecule has 1 aromatic heterocycles. The molecule has 2 atom stereocenters. The van der Waals surface area contributed by atoms with Gasteiger partial charge in [0.2, 0.25) is 17.9 Å². The lowest BCUT2D eigenvalue weighted by Gasteiger charge is -2.39. The van der Waals surface area contributed by atoms with Crippen molar-refractivity contribution in [2.24, 2.45) is 5.41 Å². The Kier molecular flexibility index (Phi) is 9.57. The number of carbonyl (C=O) groups is 1. The zero-order valence-corrected chi connectivity index (χ0v) is 27.0. The van der Waals surface area contributed by atoms with Gasteiger partial charge in [-0.05, 0) is 67.9 Å². The Morgan fingerprint density at radius 1 is 1.00 bits per heavy atom. The van der Waals surface area contributed by atoms with Gasteiger partial charge in [0.1, 0.15) is 17.6 Å². The van der Waals surface area contributed by atoms with Gasteiger partial charge in [-0.15, -0.1) is 0 Å². The molecule has 3 aliphatic heterocycles. The van der Waals surface area contributed by atoms with Crippen LogP contribution in [0.2, 0.25) is 0 Å². The van der Waals surface area contributed by atoms with Gasteiger partial charge < -0.3 is 40.2 Å². The van der Waals surface area contributed by atoms with Crippen molar-refractivity contribution in [1.29, 1.82) is 0 Å². The Hall–Kier alpha value is -4.30. The van der Waals surface area contributed by atoms with Crippen molar-refractivity contribution in [3.05, 3.63) is 54.1 Å². The van der Waals surface area contributed by atoms with Crippen LogP contribution >= 0.6 is 0 Å². The van der Waals surface area contributed by atoms with Crippen LogP contribution in [0.15, 0.2) is 48.5 Å². The number of anilines is 3. The monoisotopic (exact) mass is 670 g/mol. The number of aliphatic carboxylic acids is 1. The van der Waals surface area contributed by atoms with E-state index in [0.717, 1.165) is 11.1 Å². The van der Waals surface area contributed by atoms with E-state index < -0.39 is 24.3 Å². The Bertz CT molecular complexity index is 1590. The summed E-state index contributed by atoms with van der Waals surface area (Å²) in [6.45, 7) is 7.18. The van der Waals surface area contributed by atoms with Gasteiger partial charge in [0.25, 0.3) is 0 Å². The number of morpholine rings is 1. The Balaban J connectivity index is 1.27. The Labute approximate surface area is 277 Å². The summed E-state index contributed by atoms with van der Waals surface area (Å²) in [4.78, 5) is 23.6. The van der Waals surface area contributed by atoms with Crippen molar-refractivity contribution in [2.45, 2.75) is 57.5 Å². The van der Waals surface area contributed by atoms with E-state index in [-0.39, 0.29) is 28.9 Å². The molecule has 14 heteroatoms. The average Bonchev–Trinajstić information content (AvgIpc) is 3.47. The van der Waals surface area contributed by atoms with E-state index in [2.05, 4.69) is 15.3 Å². The topological polar surface area (TPSA) is 135 Å². The van der Waals surface area contributed by atoms with Gasteiger partial charge in [-0.3, -0.25) is 4.79 Å². The molecule has 0 saturated carbocycles. The highest BCUT2D eigenvalue weighted by atomic mass is 19.4. The van der Waals surface area contributed by atoms with Gasteiger partial charge in [-0.25, -0.2) is 0 Å². The maximum absolute atomic E-state index is 14.9. The van der Waals surface area contributed by atoms with Gasteiger partial charge >= 0.3 is 12.1 Å². The molecule has 258 valence electrons. The number of nitrogens with zero attached hydrogens (tertiary/aromatic N) is 4. The van der Waals surface area contributed by atoms with E-state index in [0.29, 0.717) is 82.5 Å². The van der Waals surface area contributed by atoms with Crippen LogP contribution in [0.5, 0.6) is 11.6 Å². The summed E-state index contributed by atoms with van der Waals surface area (Å²) in [6, 6.07) is 13.2. The number of nitrogens with one attached hydrogen (secondary N) is 1. The predicted molar refractivity (Wildman–Crippen MR) is 174 cm³/mol. The molecule has 6 rings (SSSR count). The van der Waals surface area contributed by atoms with Crippen molar-refractivity contribution in [2.75, 3.05) is 61.5 Å². The minimum absolute atomic E-state index is 0.0127. The van der Waals surface area contributed by atoms with Gasteiger partial charge in [-0.1, -0.05) is 24.3 Å². The van der Waals surface area contributed by atoms with E-state index in [1.165, 1.54) is 12.1 Å². The van der Waals surface area contributed by atoms with Crippen molar-refractivity contribution in [3.8, 4) is 22.8 Å². The Morgan fingerprint density at radius 3 is 2.31 bits per heavy atom. The van der Waals surface area contributed by atoms with Gasteiger partial charge in [0.15, 0.2) is 0 Å². The number of hydrogen-bond acceptors (Lipinski definition) is 10. The molecule has 1 spiro atoms. The van der Waals surface area contributed by atoms with E-state index >= 15 is 0 Å². The van der Waals surface area contributed by atoms with Crippen LogP contribution in [0.3, 0.4) is 0 Å². The SMILES string of the molecule is CC(C)Oc1ccc(-c2ccc([C@@H](Oc3cc(N4CCC5(CC4)CN[C@H](C(=O)O)C5)nc(N)n3)C(F)(F)F)c(N3CCOCC3)c2)cc1. The van der Waals surface area contributed by atoms with Gasteiger partial charge in [0, 0.05) is 50.0 Å². The minimum Gasteiger partial charge on any atom is -0.491 e. The number of benzene rings is 2. The maximum Gasteiger partial charge on any atom is 0.429 e. The van der Waals surface area contributed by atoms with Crippen molar-refractivity contribution in [3.63, 3.8) is 0 Å². The molecule has 0 bridgehead atoms. The third kappa shape index (κ3) is 7.54. The molecular weight excluding hydrogens is 629 g/mol. The summed E-state index contributed by atoms with van der Waals surface area (Å²) in [5.41, 5.74) is 7.79. The summed E-state index contributed by atoms with van der Waals surface area (Å²) in [5, 5.41) is 12.5. The van der Waals surface area contributed by atoms with E-state index in [1.807, 2.05) is 47.9 Å². The van der Waals surface area contributed by atoms with E-state index in [9.17, 15) is 23.1 Å². The number of piperidine rings is 1. The summed E-state index contributed by atoms with van der Waals surface area (Å²) in [5.74, 6) is -0.282. The first-order valence-corrected chi connectivity index (χ1v) is 16.2. The number of carboxylic acids is 1. The molecular formula is C34H41F3N6O5. The molecule has 3 saturated heterocycles. The van der Waals surface area contributed by atoms with Gasteiger partial charge in [0.05, 0.1) is 19.3 Å². The number of nitrogen functional groups attached to an aromatic ring is 1. The first kappa shape index (κ1) is 33.6. The highest BCUT2D eigenvalue weighted by Crippen LogP contribution is 2.44. The normalized spacial score (nSPS) is 20.2. The number of rotatable bonds is 9. The Morgan fingerprint density at radius 2 is 1.69 bits per heavy atom. The van der Waals surface area contributed by atoms with Crippen molar-refractivity contribution >= 4 is 23.4 Å². The van der Waals surface area contributed by atoms with Crippen LogP contribution in [0.4, 0.5) is 30.6 Å². The molecule has 0 amide bonds. The number of alkyl halides is 3. The second-order valence-corrected chi connectivity index (χ2v) is 13.0. The maximum atomic E-state index is 14.9. The lowest BCUT2D eigenvalue weighted by Crippen LogP contribution is -2.41. The standard InChI is InChI=1S/C34H41F3N6O5/c1-21(2)47-24-6-3-22(4-7-24)23-5-8-25(27(17-23)42-13-15-46-16-14-42)30(34(35,36)37)48-29-18-28(40-32(38)41-29)43-11-9-33(10-12-43)19-26(31(44)45)39-20-33/h3-8,17-18,21,26,30,39H,9-16,19-20H2,1-2H3,(H,44,45)(H2,38,40,41)/t26-,30+/m0/s1. The van der Waals surface area contributed by atoms with Crippen LogP contribution in [0.25, 0.3) is 11.1 Å². The number of aromatic nitrogens is 2. The van der Waals surface area contributed by atoms with Crippen molar-refractivity contribution < 1.29 is 37.3 Å². The first-order chi connectivity index (χ1) is 22.9. The number of hydrogen-bond donors (Lipinski definition) is 3.